The molecule has 1 amide bonds. The molecule has 7 nitrogen and oxygen atoms in total. The Kier molecular flexibility index (Phi) is 6.31. The molecule has 2 heterocycles. The van der Waals surface area contributed by atoms with Crippen molar-refractivity contribution >= 4 is 23.2 Å². The number of ether oxygens (including phenoxy) is 2. The summed E-state index contributed by atoms with van der Waals surface area (Å²) in [4.78, 5) is 12.2. The van der Waals surface area contributed by atoms with Crippen LogP contribution >= 0.6 is 12.2 Å². The van der Waals surface area contributed by atoms with E-state index in [1.165, 1.54) is 17.5 Å². The molecule has 1 aliphatic heterocycles. The maximum absolute atomic E-state index is 12.2. The molecule has 0 spiro atoms. The maximum atomic E-state index is 12.2. The normalized spacial score (nSPS) is 17.6. The number of fused-ring (bicyclic) bond motifs is 1. The van der Waals surface area contributed by atoms with E-state index >= 15 is 0 Å². The number of hydrogen-bond acceptors (Lipinski definition) is 5. The van der Waals surface area contributed by atoms with Crippen LogP contribution in [0.4, 0.5) is 0 Å². The first-order valence-electron chi connectivity index (χ1n) is 9.96. The summed E-state index contributed by atoms with van der Waals surface area (Å²) in [5, 5.41) is 3.36. The fraction of sp³-hybridized carbons (Fsp3) is 0.429. The number of carbonyl (C=O) groups excluding carboxylic acids is 1. The Balaban J connectivity index is 1.20. The van der Waals surface area contributed by atoms with Gasteiger partial charge in [-0.2, -0.15) is 0 Å². The SMILES string of the molecule is O=C(NNC(=S)NC[C@@H]1CCCO1)c1ccc(COc2ccc3c(c2)CCC3)o1. The minimum absolute atomic E-state index is 0.170. The monoisotopic (exact) mass is 415 g/mol. The van der Waals surface area contributed by atoms with Gasteiger partial charge in [-0.15, -0.1) is 0 Å². The minimum Gasteiger partial charge on any atom is -0.486 e. The third-order valence-electron chi connectivity index (χ3n) is 5.14. The summed E-state index contributed by atoms with van der Waals surface area (Å²) < 4.78 is 16.9. The molecule has 1 atom stereocenters. The molecule has 29 heavy (non-hydrogen) atoms. The highest BCUT2D eigenvalue weighted by Crippen LogP contribution is 2.26. The maximum Gasteiger partial charge on any atom is 0.305 e. The number of furan rings is 1. The van der Waals surface area contributed by atoms with E-state index in [9.17, 15) is 4.79 Å². The van der Waals surface area contributed by atoms with Gasteiger partial charge in [0.05, 0.1) is 6.10 Å². The van der Waals surface area contributed by atoms with Gasteiger partial charge in [0, 0.05) is 13.2 Å². The average Bonchev–Trinajstić information content (AvgIpc) is 3.49. The quantitative estimate of drug-likeness (QED) is 0.494. The molecule has 1 saturated heterocycles. The van der Waals surface area contributed by atoms with Crippen LogP contribution in [-0.4, -0.2) is 30.3 Å². The number of benzene rings is 1. The standard InChI is InChI=1S/C21H25N3O4S/c25-20(23-24-21(29)22-12-17-5-2-10-26-17)19-9-8-18(28-19)13-27-16-7-6-14-3-1-4-15(14)11-16/h6-9,11,17H,1-5,10,12-13H2,(H,23,25)(H2,22,24,29)/t17-/m0/s1. The predicted molar refractivity (Wildman–Crippen MR) is 112 cm³/mol. The van der Waals surface area contributed by atoms with Gasteiger partial charge in [-0.3, -0.25) is 15.6 Å². The van der Waals surface area contributed by atoms with Crippen LogP contribution in [0.5, 0.6) is 5.75 Å². The van der Waals surface area contributed by atoms with Gasteiger partial charge in [-0.25, -0.2) is 0 Å². The van der Waals surface area contributed by atoms with E-state index < -0.39 is 5.91 Å². The van der Waals surface area contributed by atoms with Crippen molar-refractivity contribution in [3.63, 3.8) is 0 Å². The van der Waals surface area contributed by atoms with Gasteiger partial charge in [0.15, 0.2) is 10.9 Å². The summed E-state index contributed by atoms with van der Waals surface area (Å²) in [5.74, 6) is 1.18. The minimum atomic E-state index is -0.407. The van der Waals surface area contributed by atoms with Gasteiger partial charge in [0.25, 0.3) is 0 Å². The zero-order chi connectivity index (χ0) is 20.1. The van der Waals surface area contributed by atoms with Crippen molar-refractivity contribution in [2.75, 3.05) is 13.2 Å². The lowest BCUT2D eigenvalue weighted by molar-refractivity contribution is 0.0911. The molecule has 1 aliphatic carbocycles. The first-order chi connectivity index (χ1) is 14.2. The topological polar surface area (TPSA) is 84.8 Å². The molecule has 4 rings (SSSR count). The van der Waals surface area contributed by atoms with Crippen LogP contribution in [0.15, 0.2) is 34.7 Å². The second kappa shape index (κ2) is 9.28. The van der Waals surface area contributed by atoms with Gasteiger partial charge in [-0.1, -0.05) is 6.07 Å². The molecule has 8 heteroatoms. The Morgan fingerprint density at radius 3 is 2.90 bits per heavy atom. The number of hydrazine groups is 1. The van der Waals surface area contributed by atoms with Crippen molar-refractivity contribution in [2.45, 2.75) is 44.8 Å². The molecule has 3 N–H and O–H groups in total. The number of hydrogen-bond donors (Lipinski definition) is 3. The molecular weight excluding hydrogens is 390 g/mol. The van der Waals surface area contributed by atoms with E-state index in [2.05, 4.69) is 28.3 Å². The lowest BCUT2D eigenvalue weighted by Gasteiger charge is -2.14. The number of amides is 1. The van der Waals surface area contributed by atoms with Crippen molar-refractivity contribution in [3.05, 3.63) is 53.0 Å². The van der Waals surface area contributed by atoms with E-state index in [0.29, 0.717) is 17.4 Å². The van der Waals surface area contributed by atoms with Gasteiger partial charge >= 0.3 is 5.91 Å². The second-order valence-electron chi connectivity index (χ2n) is 7.26. The van der Waals surface area contributed by atoms with Gasteiger partial charge in [-0.05, 0) is 79.7 Å². The average molecular weight is 416 g/mol. The Hall–Kier alpha value is -2.58. The van der Waals surface area contributed by atoms with Crippen molar-refractivity contribution in [3.8, 4) is 5.75 Å². The van der Waals surface area contributed by atoms with Crippen molar-refractivity contribution in [1.82, 2.24) is 16.2 Å². The zero-order valence-corrected chi connectivity index (χ0v) is 17.0. The molecule has 1 aromatic carbocycles. The summed E-state index contributed by atoms with van der Waals surface area (Å²) in [7, 11) is 0. The lowest BCUT2D eigenvalue weighted by atomic mass is 10.1. The third-order valence-corrected chi connectivity index (χ3v) is 5.39. The molecule has 0 radical (unpaired) electrons. The number of carbonyl (C=O) groups is 1. The van der Waals surface area contributed by atoms with Crippen LogP contribution in [-0.2, 0) is 24.2 Å². The summed E-state index contributed by atoms with van der Waals surface area (Å²) in [6.07, 6.45) is 5.72. The molecule has 0 unspecified atom stereocenters. The molecule has 2 aromatic rings. The molecule has 2 aliphatic rings. The van der Waals surface area contributed by atoms with Crippen LogP contribution in [0, 0.1) is 0 Å². The Bertz CT molecular complexity index is 877. The third kappa shape index (κ3) is 5.27. The van der Waals surface area contributed by atoms with Crippen LogP contribution in [0.3, 0.4) is 0 Å². The lowest BCUT2D eigenvalue weighted by Crippen LogP contribution is -2.48. The summed E-state index contributed by atoms with van der Waals surface area (Å²) in [5.41, 5.74) is 7.96. The van der Waals surface area contributed by atoms with Gasteiger partial charge < -0.3 is 19.2 Å². The zero-order valence-electron chi connectivity index (χ0n) is 16.2. The number of thiocarbonyl (C=S) groups is 1. The molecule has 0 saturated carbocycles. The Labute approximate surface area is 175 Å². The van der Waals surface area contributed by atoms with E-state index in [1.807, 2.05) is 6.07 Å². The van der Waals surface area contributed by atoms with Crippen molar-refractivity contribution in [1.29, 1.82) is 0 Å². The first-order valence-corrected chi connectivity index (χ1v) is 10.4. The van der Waals surface area contributed by atoms with E-state index in [-0.39, 0.29) is 18.5 Å². The van der Waals surface area contributed by atoms with Crippen molar-refractivity contribution < 1.29 is 18.7 Å². The van der Waals surface area contributed by atoms with Crippen LogP contribution < -0.4 is 20.9 Å². The molecule has 1 aromatic heterocycles. The summed E-state index contributed by atoms with van der Waals surface area (Å²) in [6.45, 7) is 1.67. The van der Waals surface area contributed by atoms with Gasteiger partial charge in [0.1, 0.15) is 18.1 Å². The van der Waals surface area contributed by atoms with Crippen LogP contribution in [0.1, 0.15) is 46.7 Å². The number of rotatable bonds is 6. The fourth-order valence-electron chi connectivity index (χ4n) is 3.60. The highest BCUT2D eigenvalue weighted by Gasteiger charge is 2.16. The highest BCUT2D eigenvalue weighted by molar-refractivity contribution is 7.80. The largest absolute Gasteiger partial charge is 0.486 e. The summed E-state index contributed by atoms with van der Waals surface area (Å²) in [6, 6.07) is 9.54. The highest BCUT2D eigenvalue weighted by atomic mass is 32.1. The smallest absolute Gasteiger partial charge is 0.305 e. The fourth-order valence-corrected chi connectivity index (χ4v) is 3.74. The molecular formula is C21H25N3O4S. The number of aryl methyl sites for hydroxylation is 2. The van der Waals surface area contributed by atoms with Gasteiger partial charge in [0.2, 0.25) is 0 Å². The number of nitrogens with one attached hydrogen (secondary N) is 3. The summed E-state index contributed by atoms with van der Waals surface area (Å²) >= 11 is 5.15. The van der Waals surface area contributed by atoms with Crippen molar-refractivity contribution in [2.24, 2.45) is 0 Å². The Morgan fingerprint density at radius 2 is 2.03 bits per heavy atom. The van der Waals surface area contributed by atoms with Crippen LogP contribution in [0.2, 0.25) is 0 Å². The van der Waals surface area contributed by atoms with E-state index in [4.69, 9.17) is 26.1 Å². The molecule has 0 bridgehead atoms. The van der Waals surface area contributed by atoms with E-state index in [0.717, 1.165) is 38.0 Å². The molecule has 1 fully saturated rings. The Morgan fingerprint density at radius 1 is 1.14 bits per heavy atom. The second-order valence-corrected chi connectivity index (χ2v) is 7.67. The van der Waals surface area contributed by atoms with E-state index in [1.54, 1.807) is 12.1 Å². The van der Waals surface area contributed by atoms with Crippen LogP contribution in [0.25, 0.3) is 0 Å². The molecule has 154 valence electrons. The predicted octanol–water partition coefficient (Wildman–Crippen LogP) is 2.64. The first kappa shape index (κ1) is 19.7.